The van der Waals surface area contributed by atoms with Crippen LogP contribution in [0.25, 0.3) is 0 Å². The zero-order chi connectivity index (χ0) is 15.5. The summed E-state index contributed by atoms with van der Waals surface area (Å²) >= 11 is 0. The van der Waals surface area contributed by atoms with Crippen LogP contribution in [0.4, 0.5) is 13.2 Å². The lowest BCUT2D eigenvalue weighted by Crippen LogP contribution is -2.44. The van der Waals surface area contributed by atoms with E-state index in [2.05, 4.69) is 15.4 Å². The van der Waals surface area contributed by atoms with Crippen LogP contribution in [0.2, 0.25) is 0 Å². The predicted octanol–water partition coefficient (Wildman–Crippen LogP) is 0.121. The fraction of sp³-hybridized carbons (Fsp3) is 0.727. The summed E-state index contributed by atoms with van der Waals surface area (Å²) in [6.45, 7) is 3.35. The molecule has 0 spiro atoms. The highest BCUT2D eigenvalue weighted by Crippen LogP contribution is 2.22. The van der Waals surface area contributed by atoms with E-state index in [4.69, 9.17) is 0 Å². The number of nitrogens with one attached hydrogen (secondary N) is 2. The number of carbonyl (C=O) groups excluding carboxylic acids is 3. The van der Waals surface area contributed by atoms with Crippen LogP contribution in [0.3, 0.4) is 0 Å². The van der Waals surface area contributed by atoms with Gasteiger partial charge in [-0.25, -0.2) is 9.59 Å². The van der Waals surface area contributed by atoms with E-state index in [-0.39, 0.29) is 30.8 Å². The Bertz CT molecular complexity index is 411. The van der Waals surface area contributed by atoms with Crippen molar-refractivity contribution in [2.75, 3.05) is 6.54 Å². The van der Waals surface area contributed by atoms with Crippen LogP contribution in [0.1, 0.15) is 20.3 Å². The average Bonchev–Trinajstić information content (AvgIpc) is 2.66. The highest BCUT2D eigenvalue weighted by molar-refractivity contribution is 5.91. The van der Waals surface area contributed by atoms with Crippen molar-refractivity contribution in [3.8, 4) is 0 Å². The highest BCUT2D eigenvalue weighted by Gasteiger charge is 2.44. The SMILES string of the molecule is CC(=O)NC[C@@H]1N[C@@H](C(=O)OC(=O)C(F)(F)F)C[C@@H]1C. The Morgan fingerprint density at radius 1 is 1.35 bits per heavy atom. The summed E-state index contributed by atoms with van der Waals surface area (Å²) in [5.41, 5.74) is 0. The molecule has 1 aliphatic rings. The number of hydrogen-bond acceptors (Lipinski definition) is 5. The number of rotatable bonds is 3. The molecule has 1 saturated heterocycles. The summed E-state index contributed by atoms with van der Waals surface area (Å²) in [5, 5.41) is 5.29. The Morgan fingerprint density at radius 3 is 2.45 bits per heavy atom. The van der Waals surface area contributed by atoms with Crippen molar-refractivity contribution >= 4 is 17.8 Å². The van der Waals surface area contributed by atoms with Gasteiger partial charge in [0.15, 0.2) is 0 Å². The highest BCUT2D eigenvalue weighted by atomic mass is 19.4. The molecule has 0 aromatic carbocycles. The monoisotopic (exact) mass is 296 g/mol. The van der Waals surface area contributed by atoms with Gasteiger partial charge < -0.3 is 10.1 Å². The molecule has 9 heteroatoms. The van der Waals surface area contributed by atoms with E-state index in [0.29, 0.717) is 0 Å². The molecule has 1 fully saturated rings. The molecule has 1 rings (SSSR count). The van der Waals surface area contributed by atoms with E-state index in [1.54, 1.807) is 6.92 Å². The summed E-state index contributed by atoms with van der Waals surface area (Å²) in [6, 6.07) is -1.26. The largest absolute Gasteiger partial charge is 0.491 e. The lowest BCUT2D eigenvalue weighted by Gasteiger charge is -2.16. The minimum absolute atomic E-state index is 0.0552. The molecule has 114 valence electrons. The number of amides is 1. The van der Waals surface area contributed by atoms with Crippen LogP contribution in [0.15, 0.2) is 0 Å². The third kappa shape index (κ3) is 4.48. The van der Waals surface area contributed by atoms with E-state index in [9.17, 15) is 27.6 Å². The molecule has 0 aliphatic carbocycles. The zero-order valence-corrected chi connectivity index (χ0v) is 10.9. The Morgan fingerprint density at radius 2 is 1.95 bits per heavy atom. The molecular weight excluding hydrogens is 281 g/mol. The van der Waals surface area contributed by atoms with Gasteiger partial charge in [0.2, 0.25) is 5.91 Å². The Balaban J connectivity index is 2.51. The molecule has 0 bridgehead atoms. The van der Waals surface area contributed by atoms with Gasteiger partial charge >= 0.3 is 18.1 Å². The summed E-state index contributed by atoms with van der Waals surface area (Å²) < 4.78 is 39.7. The lowest BCUT2D eigenvalue weighted by atomic mass is 10.0. The fourth-order valence-corrected chi connectivity index (χ4v) is 1.93. The molecule has 3 atom stereocenters. The minimum atomic E-state index is -5.20. The Labute approximate surface area is 113 Å². The van der Waals surface area contributed by atoms with Crippen LogP contribution >= 0.6 is 0 Å². The number of hydrogen-bond donors (Lipinski definition) is 2. The van der Waals surface area contributed by atoms with Crippen LogP contribution in [-0.4, -0.2) is 42.7 Å². The van der Waals surface area contributed by atoms with E-state index in [1.165, 1.54) is 6.92 Å². The van der Waals surface area contributed by atoms with E-state index >= 15 is 0 Å². The first-order chi connectivity index (χ1) is 9.11. The fourth-order valence-electron chi connectivity index (χ4n) is 1.93. The quantitative estimate of drug-likeness (QED) is 0.571. The minimum Gasteiger partial charge on any atom is -0.385 e. The van der Waals surface area contributed by atoms with Crippen molar-refractivity contribution < 1.29 is 32.3 Å². The van der Waals surface area contributed by atoms with Gasteiger partial charge in [-0.15, -0.1) is 0 Å². The average molecular weight is 296 g/mol. The summed E-state index contributed by atoms with van der Waals surface area (Å²) in [4.78, 5) is 32.8. The second kappa shape index (κ2) is 6.21. The molecule has 0 saturated carbocycles. The van der Waals surface area contributed by atoms with Crippen molar-refractivity contribution in [3.05, 3.63) is 0 Å². The first-order valence-electron chi connectivity index (χ1n) is 5.94. The molecule has 0 unspecified atom stereocenters. The molecule has 1 heterocycles. The van der Waals surface area contributed by atoms with Gasteiger partial charge in [0.1, 0.15) is 6.04 Å². The van der Waals surface area contributed by atoms with Gasteiger partial charge in [-0.05, 0) is 12.3 Å². The maximum atomic E-state index is 12.0. The third-order valence-corrected chi connectivity index (χ3v) is 2.99. The molecule has 0 aromatic heterocycles. The van der Waals surface area contributed by atoms with Gasteiger partial charge in [0, 0.05) is 19.5 Å². The molecule has 20 heavy (non-hydrogen) atoms. The number of alkyl halides is 3. The molecule has 2 N–H and O–H groups in total. The maximum absolute atomic E-state index is 12.0. The first-order valence-corrected chi connectivity index (χ1v) is 5.94. The molecule has 1 amide bonds. The number of ether oxygens (including phenoxy) is 1. The standard InChI is InChI=1S/C11H15F3N2O4/c1-5-3-7(16-8(5)4-15-6(2)17)9(18)20-10(19)11(12,13)14/h5,7-8,16H,3-4H2,1-2H3,(H,15,17)/t5-,7+,8-/m0/s1. The van der Waals surface area contributed by atoms with Crippen molar-refractivity contribution in [1.29, 1.82) is 0 Å². The van der Waals surface area contributed by atoms with E-state index in [1.807, 2.05) is 0 Å². The van der Waals surface area contributed by atoms with Gasteiger partial charge in [0.25, 0.3) is 0 Å². The first kappa shape index (κ1) is 16.4. The summed E-state index contributed by atoms with van der Waals surface area (Å²) in [6.07, 6.45) is -4.97. The van der Waals surface area contributed by atoms with E-state index in [0.717, 1.165) is 0 Å². The molecule has 1 aliphatic heterocycles. The topological polar surface area (TPSA) is 84.5 Å². The maximum Gasteiger partial charge on any atom is 0.491 e. The second-order valence-corrected chi connectivity index (χ2v) is 4.68. The lowest BCUT2D eigenvalue weighted by molar-refractivity contribution is -0.202. The van der Waals surface area contributed by atoms with Crippen LogP contribution < -0.4 is 10.6 Å². The van der Waals surface area contributed by atoms with Crippen molar-refractivity contribution in [3.63, 3.8) is 0 Å². The van der Waals surface area contributed by atoms with Crippen LogP contribution in [0, 0.1) is 5.92 Å². The van der Waals surface area contributed by atoms with Crippen LogP contribution in [-0.2, 0) is 19.1 Å². The van der Waals surface area contributed by atoms with Gasteiger partial charge in [-0.3, -0.25) is 10.1 Å². The normalized spacial score (nSPS) is 26.1. The number of halogens is 3. The number of esters is 2. The number of carbonyl (C=O) groups is 3. The van der Waals surface area contributed by atoms with Crippen molar-refractivity contribution in [2.45, 2.75) is 38.5 Å². The summed E-state index contributed by atoms with van der Waals surface area (Å²) in [7, 11) is 0. The van der Waals surface area contributed by atoms with Gasteiger partial charge in [-0.2, -0.15) is 13.2 Å². The van der Waals surface area contributed by atoms with Gasteiger partial charge in [0.05, 0.1) is 0 Å². The van der Waals surface area contributed by atoms with Crippen molar-refractivity contribution in [2.24, 2.45) is 5.92 Å². The van der Waals surface area contributed by atoms with Crippen LogP contribution in [0.5, 0.6) is 0 Å². The zero-order valence-electron chi connectivity index (χ0n) is 10.9. The van der Waals surface area contributed by atoms with Gasteiger partial charge in [-0.1, -0.05) is 6.92 Å². The molecular formula is C11H15F3N2O4. The molecule has 0 aromatic rings. The molecule has 0 radical (unpaired) electrons. The Hall–Kier alpha value is -1.64. The second-order valence-electron chi connectivity index (χ2n) is 4.68. The van der Waals surface area contributed by atoms with Crippen molar-refractivity contribution in [1.82, 2.24) is 10.6 Å². The van der Waals surface area contributed by atoms with E-state index < -0.39 is 24.2 Å². The Kier molecular flexibility index (Phi) is 5.09. The summed E-state index contributed by atoms with van der Waals surface area (Å²) in [5.74, 6) is -4.09. The smallest absolute Gasteiger partial charge is 0.385 e. The predicted molar refractivity (Wildman–Crippen MR) is 60.3 cm³/mol. The third-order valence-electron chi connectivity index (χ3n) is 2.99. The molecule has 6 nitrogen and oxygen atoms in total.